The molecule has 0 saturated heterocycles. The molecule has 0 atom stereocenters. The van der Waals surface area contributed by atoms with E-state index in [4.69, 9.17) is 108 Å². The van der Waals surface area contributed by atoms with Crippen LogP contribution in [-0.2, 0) is 17.1 Å². The van der Waals surface area contributed by atoms with E-state index in [0.29, 0.717) is 23.0 Å². The number of para-hydroxylation sites is 6. The summed E-state index contributed by atoms with van der Waals surface area (Å²) in [6.07, 6.45) is 2.79. The number of hydrogen-bond acceptors (Lipinski definition) is 26. The van der Waals surface area contributed by atoms with Crippen molar-refractivity contribution in [1.82, 2.24) is 9.56 Å². The second-order valence-electron chi connectivity index (χ2n) is 14.5. The molecule has 0 aliphatic carbocycles. The summed E-state index contributed by atoms with van der Waals surface area (Å²) in [4.78, 5) is 24.8. The Kier molecular flexibility index (Phi) is 27.1. The number of hydrogen-bond donors (Lipinski definition) is 0. The van der Waals surface area contributed by atoms with E-state index in [0.717, 1.165) is 22.3 Å². The first-order valence-corrected chi connectivity index (χ1v) is 26.2. The Morgan fingerprint density at radius 3 is 1.05 bits per heavy atom. The van der Waals surface area contributed by atoms with Crippen molar-refractivity contribution in [3.05, 3.63) is 191 Å². The third-order valence-corrected chi connectivity index (χ3v) is 18.7. The molecule has 3 heterocycles. The minimum atomic E-state index is -4.02. The number of rotatable bonds is 8. The van der Waals surface area contributed by atoms with Crippen molar-refractivity contribution in [3.8, 4) is 80.4 Å². The molecule has 423 valence electrons. The molecule has 0 unspecified atom stereocenters. The fraction of sp³-hybridized carbons (Fsp3) is 0.130. The van der Waals surface area contributed by atoms with Crippen LogP contribution in [0.1, 0.15) is 25.0 Å². The van der Waals surface area contributed by atoms with Gasteiger partial charge in [0, 0.05) is 50.2 Å². The zero-order valence-corrected chi connectivity index (χ0v) is 47.9. The van der Waals surface area contributed by atoms with E-state index in [1.807, 2.05) is 97.1 Å². The van der Waals surface area contributed by atoms with Crippen molar-refractivity contribution >= 4 is 35.3 Å². The Balaban J connectivity index is 0.000000964. The Hall–Kier alpha value is -8.26. The monoisotopic (exact) mass is 1350 g/mol. The molecular weight excluding hydrogens is 1310 g/mol. The maximum Gasteiger partial charge on any atom is 3.00 e. The fourth-order valence-corrected chi connectivity index (χ4v) is 17.2. The Bertz CT molecular complexity index is 3150. The standard InChI is InChI=1S/C42H38N7O8P3.2C2H3N.Cu.3NO3.Tb/c1-48(43-27-29-15-13-25-39(52-3)41(29)50)58(49(2)44-28-30-16-14-26-40(53-4)42(30)51)45-59(54-35-21-9-5-17-31(35)32-18-6-10-22-36(32)55-59)47-60(46-58)56-37-23-11-7-19-33(37)34-20-8-12-24-38(34)57-60;2*1-2-3;;3*2-1(3)4;/h5-28,50-51H,1-4H3;2*1H3;;;;;/q;;;+2;3*-1;+3/p-2/b43-27+,44-28+;;;;;;;. The second kappa shape index (κ2) is 32.0. The van der Waals surface area contributed by atoms with Crippen LogP contribution in [0.3, 0.4) is 0 Å². The van der Waals surface area contributed by atoms with Gasteiger partial charge >= 0.3 is 78.5 Å². The number of ether oxygens (including phenoxy) is 2. The first-order chi connectivity index (χ1) is 37.2. The predicted octanol–water partition coefficient (Wildman–Crippen LogP) is 10.6. The molecule has 34 heteroatoms. The molecule has 0 amide bonds. The molecule has 0 N–H and O–H groups in total. The van der Waals surface area contributed by atoms with E-state index < -0.39 is 38.1 Å². The smallest absolute Gasteiger partial charge is 0.870 e. The largest absolute Gasteiger partial charge is 3.00 e. The van der Waals surface area contributed by atoms with Gasteiger partial charge in [0.2, 0.25) is 0 Å². The van der Waals surface area contributed by atoms with Gasteiger partial charge in [-0.2, -0.15) is 20.7 Å². The second-order valence-corrected chi connectivity index (χ2v) is 21.5. The van der Waals surface area contributed by atoms with Crippen LogP contribution >= 0.6 is 22.8 Å². The first-order valence-electron chi connectivity index (χ1n) is 21.6. The Morgan fingerprint density at radius 1 is 0.512 bits per heavy atom. The normalized spacial score (nSPS) is 13.1. The predicted molar refractivity (Wildman–Crippen MR) is 284 cm³/mol. The molecule has 3 aliphatic rings. The van der Waals surface area contributed by atoms with Crippen LogP contribution in [0.25, 0.3) is 22.3 Å². The van der Waals surface area contributed by atoms with E-state index in [-0.39, 0.29) is 89.8 Å². The van der Waals surface area contributed by atoms with Crippen LogP contribution < -0.4 is 37.8 Å². The summed E-state index contributed by atoms with van der Waals surface area (Å²) >= 11 is 0. The summed E-state index contributed by atoms with van der Waals surface area (Å²) in [5.74, 6) is 1.37. The van der Waals surface area contributed by atoms with Gasteiger partial charge in [0.15, 0.2) is 0 Å². The molecule has 0 bridgehead atoms. The van der Waals surface area contributed by atoms with Gasteiger partial charge in [0.05, 0.1) is 54.0 Å². The first kappa shape index (κ1) is 67.8. The van der Waals surface area contributed by atoms with E-state index in [1.165, 1.54) is 50.1 Å². The summed E-state index contributed by atoms with van der Waals surface area (Å²) in [6.45, 7) is 2.86. The van der Waals surface area contributed by atoms with Crippen LogP contribution in [0.15, 0.2) is 157 Å². The molecule has 0 aromatic heterocycles. The van der Waals surface area contributed by atoms with Gasteiger partial charge in [-0.15, -0.1) is 9.03 Å². The Labute approximate surface area is 497 Å². The molecule has 0 fully saturated rings. The third-order valence-electron chi connectivity index (χ3n) is 9.65. The average molecular weight is 1350 g/mol. The minimum Gasteiger partial charge on any atom is -0.870 e. The van der Waals surface area contributed by atoms with Crippen LogP contribution in [-0.4, -0.2) is 65.6 Å². The Morgan fingerprint density at radius 2 is 0.775 bits per heavy atom. The van der Waals surface area contributed by atoms with E-state index in [2.05, 4.69) is 0 Å². The van der Waals surface area contributed by atoms with Gasteiger partial charge in [0.1, 0.15) is 34.5 Å². The minimum absolute atomic E-state index is 0. The topological polar surface area (TPSA) is 416 Å². The molecule has 9 rings (SSSR count). The average Bonchev–Trinajstić information content (AvgIpc) is 3.61. The molecule has 1 radical (unpaired) electrons. The molecule has 2 spiro atoms. The van der Waals surface area contributed by atoms with Crippen molar-refractivity contribution in [2.24, 2.45) is 23.7 Å². The summed E-state index contributed by atoms with van der Waals surface area (Å²) in [5.41, 5.74) is 3.51. The van der Waals surface area contributed by atoms with Gasteiger partial charge in [0.25, 0.3) is 0 Å². The van der Waals surface area contributed by atoms with Crippen LogP contribution in [0.4, 0.5) is 0 Å². The van der Waals surface area contributed by atoms with Crippen LogP contribution in [0.5, 0.6) is 46.0 Å². The molecule has 3 aliphatic heterocycles. The van der Waals surface area contributed by atoms with Crippen molar-refractivity contribution < 1.29 is 109 Å². The van der Waals surface area contributed by atoms with E-state index in [9.17, 15) is 10.2 Å². The van der Waals surface area contributed by atoms with Gasteiger partial charge in [-0.3, -0.25) is 0 Å². The van der Waals surface area contributed by atoms with Crippen molar-refractivity contribution in [2.45, 2.75) is 13.8 Å². The fourth-order valence-electron chi connectivity index (χ4n) is 6.71. The number of benzene rings is 6. The van der Waals surface area contributed by atoms with Crippen LogP contribution in [0, 0.1) is 107 Å². The van der Waals surface area contributed by atoms with Gasteiger partial charge < -0.3 is 83.7 Å². The number of nitrogens with zero attached hydrogens (tertiary/aromatic N) is 12. The van der Waals surface area contributed by atoms with E-state index >= 15 is 0 Å². The number of hydrazone groups is 2. The summed E-state index contributed by atoms with van der Waals surface area (Å²) in [6, 6.07) is 43.4. The molecule has 80 heavy (non-hydrogen) atoms. The molecule has 29 nitrogen and oxygen atoms in total. The number of nitriles is 2. The number of fused-ring (bicyclic) bond motifs is 6. The molecule has 6 aromatic rings. The number of methoxy groups -OCH3 is 2. The maximum absolute atomic E-state index is 13.3. The van der Waals surface area contributed by atoms with Crippen LogP contribution in [0.2, 0.25) is 0 Å². The quantitative estimate of drug-likeness (QED) is 0.0449. The SMILES string of the molecule is CC#N.CC#N.COc1cccc(/C=N/N(C)P2(N(C)/N=C/c3cccc(OC)c3[O-])=NP3(=NP4(=N2)Oc2ccccc2-c2ccccc2O4)Oc2ccccc2-c2ccccc2O3)c1[O-].O=[N+]([O-])[O-].O=[N+]([O-])[O-].O=[N+]([O-])[O-].[Cu+2].[Tb+3]. The maximum atomic E-state index is 13.3. The molecule has 0 saturated carbocycles. The summed E-state index contributed by atoms with van der Waals surface area (Å²) in [7, 11) is -5.81. The zero-order chi connectivity index (χ0) is 57.6. The van der Waals surface area contributed by atoms with Gasteiger partial charge in [-0.25, -0.2) is 9.56 Å². The molecule has 6 aromatic carbocycles. The zero-order valence-electron chi connectivity index (χ0n) is 42.1. The molecular formula is C46H42CuN12O17P3Tb. The van der Waals surface area contributed by atoms with Gasteiger partial charge in [-0.05, 0) is 47.5 Å². The van der Waals surface area contributed by atoms with E-state index in [1.54, 1.807) is 62.6 Å². The summed E-state index contributed by atoms with van der Waals surface area (Å²) < 4.78 is 57.7. The van der Waals surface area contributed by atoms with Crippen molar-refractivity contribution in [2.75, 3.05) is 28.3 Å². The van der Waals surface area contributed by atoms with Crippen molar-refractivity contribution in [1.29, 1.82) is 10.5 Å². The van der Waals surface area contributed by atoms with Crippen molar-refractivity contribution in [3.63, 3.8) is 0 Å². The third kappa shape index (κ3) is 17.9. The summed E-state index contributed by atoms with van der Waals surface area (Å²) in [5, 5.41) is 95.2. The van der Waals surface area contributed by atoms with Gasteiger partial charge in [-0.1, -0.05) is 113 Å².